The number of pyridine rings is 1. The smallest absolute Gasteiger partial charge is 0.270 e. The Labute approximate surface area is 202 Å². The van der Waals surface area contributed by atoms with Crippen molar-refractivity contribution < 1.29 is 14.3 Å². The monoisotopic (exact) mass is 463 g/mol. The van der Waals surface area contributed by atoms with E-state index in [0.29, 0.717) is 29.9 Å². The molecule has 0 radical (unpaired) electrons. The molecule has 3 aliphatic rings. The summed E-state index contributed by atoms with van der Waals surface area (Å²) in [6.07, 6.45) is 10.8. The van der Waals surface area contributed by atoms with E-state index in [1.54, 1.807) is 12.3 Å². The minimum atomic E-state index is -0.0981. The van der Waals surface area contributed by atoms with Crippen molar-refractivity contribution in [3.63, 3.8) is 0 Å². The highest BCUT2D eigenvalue weighted by molar-refractivity contribution is 5.92. The van der Waals surface area contributed by atoms with Gasteiger partial charge in [-0.25, -0.2) is 4.98 Å². The number of ether oxygens (including phenoxy) is 2. The largest absolute Gasteiger partial charge is 0.489 e. The second kappa shape index (κ2) is 11.3. The molecule has 3 heterocycles. The molecular formula is C28H37N3O3. The van der Waals surface area contributed by atoms with Crippen molar-refractivity contribution in [2.75, 3.05) is 26.3 Å². The van der Waals surface area contributed by atoms with Crippen LogP contribution in [0.25, 0.3) is 0 Å². The van der Waals surface area contributed by atoms with Crippen LogP contribution < -0.4 is 15.4 Å². The number of carbonyl (C=O) groups excluding carboxylic acids is 1. The summed E-state index contributed by atoms with van der Waals surface area (Å²) in [5.41, 5.74) is 3.29. The second-order valence-electron chi connectivity index (χ2n) is 10.1. The summed E-state index contributed by atoms with van der Waals surface area (Å²) in [7, 11) is 0. The number of aromatic nitrogens is 1. The van der Waals surface area contributed by atoms with Crippen LogP contribution in [0.4, 0.5) is 0 Å². The van der Waals surface area contributed by atoms with Crippen molar-refractivity contribution in [2.45, 2.75) is 69.4 Å². The van der Waals surface area contributed by atoms with Crippen LogP contribution in [-0.2, 0) is 11.2 Å². The van der Waals surface area contributed by atoms with Gasteiger partial charge in [-0.2, -0.15) is 0 Å². The Morgan fingerprint density at radius 1 is 1.12 bits per heavy atom. The number of nitrogens with one attached hydrogen (secondary N) is 2. The summed E-state index contributed by atoms with van der Waals surface area (Å²) in [5.74, 6) is 1.57. The molecule has 5 rings (SSSR count). The molecule has 1 aromatic carbocycles. The SMILES string of the molecule is O=C(NC1CCc2ccccc2[C@@H]1CC1CCCCNC1)c1ccc(OC[C@@H]2CCCO2)cn1. The molecule has 2 aliphatic heterocycles. The summed E-state index contributed by atoms with van der Waals surface area (Å²) >= 11 is 0. The molecule has 1 aliphatic carbocycles. The minimum absolute atomic E-state index is 0.0981. The molecule has 6 heteroatoms. The number of aryl methyl sites for hydroxylation is 1. The molecule has 2 unspecified atom stereocenters. The van der Waals surface area contributed by atoms with Gasteiger partial charge >= 0.3 is 0 Å². The highest BCUT2D eigenvalue weighted by Gasteiger charge is 2.33. The topological polar surface area (TPSA) is 72.5 Å². The van der Waals surface area contributed by atoms with E-state index in [9.17, 15) is 4.79 Å². The van der Waals surface area contributed by atoms with Gasteiger partial charge in [-0.15, -0.1) is 0 Å². The van der Waals surface area contributed by atoms with Gasteiger partial charge in [0, 0.05) is 18.6 Å². The fourth-order valence-corrected chi connectivity index (χ4v) is 5.78. The van der Waals surface area contributed by atoms with Crippen LogP contribution >= 0.6 is 0 Å². The van der Waals surface area contributed by atoms with Crippen molar-refractivity contribution in [3.8, 4) is 5.75 Å². The highest BCUT2D eigenvalue weighted by Crippen LogP contribution is 2.37. The molecule has 4 atom stereocenters. The van der Waals surface area contributed by atoms with Crippen molar-refractivity contribution in [2.24, 2.45) is 5.92 Å². The summed E-state index contributed by atoms with van der Waals surface area (Å²) in [5, 5.41) is 6.95. The quantitative estimate of drug-likeness (QED) is 0.642. The Morgan fingerprint density at radius 3 is 2.91 bits per heavy atom. The lowest BCUT2D eigenvalue weighted by atomic mass is 9.74. The Balaban J connectivity index is 1.24. The third-order valence-corrected chi connectivity index (χ3v) is 7.65. The summed E-state index contributed by atoms with van der Waals surface area (Å²) < 4.78 is 11.4. The molecule has 0 bridgehead atoms. The van der Waals surface area contributed by atoms with Crippen molar-refractivity contribution >= 4 is 5.91 Å². The first-order chi connectivity index (χ1) is 16.8. The van der Waals surface area contributed by atoms with Crippen LogP contribution in [0.5, 0.6) is 5.75 Å². The summed E-state index contributed by atoms with van der Waals surface area (Å²) in [4.78, 5) is 17.5. The molecule has 34 heavy (non-hydrogen) atoms. The maximum absolute atomic E-state index is 13.1. The number of rotatable bonds is 7. The maximum atomic E-state index is 13.1. The molecule has 1 aromatic heterocycles. The zero-order valence-electron chi connectivity index (χ0n) is 20.0. The van der Waals surface area contributed by atoms with Crippen molar-refractivity contribution in [1.29, 1.82) is 0 Å². The lowest BCUT2D eigenvalue weighted by molar-refractivity contribution is 0.0678. The molecule has 0 spiro atoms. The molecule has 0 saturated carbocycles. The van der Waals surface area contributed by atoms with E-state index in [0.717, 1.165) is 51.8 Å². The highest BCUT2D eigenvalue weighted by atomic mass is 16.5. The maximum Gasteiger partial charge on any atom is 0.270 e. The number of nitrogens with zero attached hydrogens (tertiary/aromatic N) is 1. The fraction of sp³-hybridized carbons (Fsp3) is 0.571. The Kier molecular flexibility index (Phi) is 7.76. The van der Waals surface area contributed by atoms with Crippen LogP contribution in [0.2, 0.25) is 0 Å². The predicted molar refractivity (Wildman–Crippen MR) is 132 cm³/mol. The van der Waals surface area contributed by atoms with Gasteiger partial charge in [0.25, 0.3) is 5.91 Å². The molecule has 2 saturated heterocycles. The summed E-state index contributed by atoms with van der Waals surface area (Å²) in [6.45, 7) is 3.55. The molecule has 6 nitrogen and oxygen atoms in total. The number of benzene rings is 1. The second-order valence-corrected chi connectivity index (χ2v) is 10.1. The van der Waals surface area contributed by atoms with E-state index in [1.165, 1.54) is 30.4 Å². The molecule has 2 N–H and O–H groups in total. The lowest BCUT2D eigenvalue weighted by Crippen LogP contribution is -2.43. The summed E-state index contributed by atoms with van der Waals surface area (Å²) in [6, 6.07) is 12.5. The lowest BCUT2D eigenvalue weighted by Gasteiger charge is -2.36. The van der Waals surface area contributed by atoms with Gasteiger partial charge in [-0.05, 0) is 87.2 Å². The van der Waals surface area contributed by atoms with Crippen LogP contribution in [0.1, 0.15) is 72.5 Å². The fourth-order valence-electron chi connectivity index (χ4n) is 5.78. The molecule has 1 amide bonds. The number of carbonyl (C=O) groups is 1. The van der Waals surface area contributed by atoms with Gasteiger partial charge < -0.3 is 20.1 Å². The third-order valence-electron chi connectivity index (χ3n) is 7.65. The number of hydrogen-bond acceptors (Lipinski definition) is 5. The minimum Gasteiger partial charge on any atom is -0.489 e. The molecule has 2 aromatic rings. The van der Waals surface area contributed by atoms with Crippen LogP contribution in [0.15, 0.2) is 42.6 Å². The van der Waals surface area contributed by atoms with Gasteiger partial charge in [0.15, 0.2) is 0 Å². The number of hydrogen-bond donors (Lipinski definition) is 2. The Morgan fingerprint density at radius 2 is 2.06 bits per heavy atom. The Hall–Kier alpha value is -2.44. The zero-order valence-corrected chi connectivity index (χ0v) is 20.0. The van der Waals surface area contributed by atoms with E-state index in [2.05, 4.69) is 39.9 Å². The molecule has 2 fully saturated rings. The van der Waals surface area contributed by atoms with Gasteiger partial charge in [0.2, 0.25) is 0 Å². The van der Waals surface area contributed by atoms with Crippen molar-refractivity contribution in [3.05, 3.63) is 59.4 Å². The van der Waals surface area contributed by atoms with Gasteiger partial charge in [-0.1, -0.05) is 30.7 Å². The van der Waals surface area contributed by atoms with E-state index >= 15 is 0 Å². The van der Waals surface area contributed by atoms with Crippen LogP contribution in [0, 0.1) is 5.92 Å². The third kappa shape index (κ3) is 5.78. The predicted octanol–water partition coefficient (Wildman–Crippen LogP) is 4.25. The average Bonchev–Trinajstić information content (AvgIpc) is 3.27. The van der Waals surface area contributed by atoms with E-state index in [4.69, 9.17) is 9.47 Å². The van der Waals surface area contributed by atoms with Gasteiger partial charge in [0.1, 0.15) is 18.1 Å². The van der Waals surface area contributed by atoms with Crippen molar-refractivity contribution in [1.82, 2.24) is 15.6 Å². The van der Waals surface area contributed by atoms with Gasteiger partial charge in [-0.3, -0.25) is 4.79 Å². The number of amides is 1. The first-order valence-corrected chi connectivity index (χ1v) is 13.1. The Bertz CT molecular complexity index is 934. The van der Waals surface area contributed by atoms with E-state index < -0.39 is 0 Å². The number of fused-ring (bicyclic) bond motifs is 1. The normalized spacial score (nSPS) is 26.9. The first kappa shape index (κ1) is 23.3. The van der Waals surface area contributed by atoms with E-state index in [-0.39, 0.29) is 18.1 Å². The van der Waals surface area contributed by atoms with E-state index in [1.807, 2.05) is 6.07 Å². The first-order valence-electron chi connectivity index (χ1n) is 13.1. The zero-order chi connectivity index (χ0) is 23.2. The van der Waals surface area contributed by atoms with Crippen LogP contribution in [-0.4, -0.2) is 49.3 Å². The van der Waals surface area contributed by atoms with Gasteiger partial charge in [0.05, 0.1) is 12.3 Å². The molecular weight excluding hydrogens is 426 g/mol. The standard InChI is InChI=1S/C28H37N3O3/c32-28(27-13-11-22(18-30-27)34-19-23-8-5-15-33-23)31-26-12-10-21-7-1-2-9-24(21)25(26)16-20-6-3-4-14-29-17-20/h1-2,7,9,11,13,18,20,23,25-26,29H,3-6,8,10,12,14-17,19H2,(H,31,32)/t20?,23-,25-,26?/m0/s1. The average molecular weight is 464 g/mol. The van der Waals surface area contributed by atoms with Crippen LogP contribution in [0.3, 0.4) is 0 Å². The molecule has 182 valence electrons.